The van der Waals surface area contributed by atoms with Crippen molar-refractivity contribution in [2.45, 2.75) is 24.0 Å². The standard InChI is InChI=1S/C31H34ClN3O6S/c32-26-9-11-27(12-10-26)41-28-13-15-29(16-14-28)42(37,38)35(19-18-33-20-22-39-23-21-33)30-8-4-5-17-34(31(30)36)40-24-25-6-2-1-3-7-25/h1-7,9-16,30H,8,17-24H2/t30-/m1/s1. The van der Waals surface area contributed by atoms with Crippen LogP contribution in [0.15, 0.2) is 95.9 Å². The van der Waals surface area contributed by atoms with E-state index in [4.69, 9.17) is 25.9 Å². The fraction of sp³-hybridized carbons (Fsp3) is 0.323. The third-order valence-corrected chi connectivity index (χ3v) is 9.30. The van der Waals surface area contributed by atoms with E-state index >= 15 is 0 Å². The van der Waals surface area contributed by atoms with Gasteiger partial charge in [0.05, 0.1) is 24.7 Å². The lowest BCUT2D eigenvalue weighted by molar-refractivity contribution is -0.191. The minimum atomic E-state index is -4.07. The first-order valence-electron chi connectivity index (χ1n) is 13.9. The van der Waals surface area contributed by atoms with Crippen LogP contribution in [0.2, 0.25) is 5.02 Å². The summed E-state index contributed by atoms with van der Waals surface area (Å²) in [6, 6.07) is 21.7. The Morgan fingerprint density at radius 3 is 2.26 bits per heavy atom. The quantitative estimate of drug-likeness (QED) is 0.289. The molecule has 0 aromatic heterocycles. The summed E-state index contributed by atoms with van der Waals surface area (Å²) in [6.07, 6.45) is 3.91. The van der Waals surface area contributed by atoms with Gasteiger partial charge in [0.2, 0.25) is 10.0 Å². The van der Waals surface area contributed by atoms with Gasteiger partial charge in [-0.25, -0.2) is 13.5 Å². The number of nitrogens with zero attached hydrogens (tertiary/aromatic N) is 3. The molecule has 3 aromatic carbocycles. The highest BCUT2D eigenvalue weighted by Crippen LogP contribution is 2.28. The number of ether oxygens (including phenoxy) is 2. The number of carbonyl (C=O) groups excluding carboxylic acids is 1. The van der Waals surface area contributed by atoms with Crippen LogP contribution in [-0.4, -0.2) is 80.6 Å². The summed E-state index contributed by atoms with van der Waals surface area (Å²) in [5, 5.41) is 1.86. The lowest BCUT2D eigenvalue weighted by atomic mass is 10.2. The lowest BCUT2D eigenvalue weighted by Crippen LogP contribution is -2.52. The van der Waals surface area contributed by atoms with Gasteiger partial charge in [0.1, 0.15) is 24.1 Å². The van der Waals surface area contributed by atoms with Gasteiger partial charge < -0.3 is 9.47 Å². The van der Waals surface area contributed by atoms with Crippen LogP contribution >= 0.6 is 11.6 Å². The molecule has 1 fully saturated rings. The Morgan fingerprint density at radius 1 is 0.905 bits per heavy atom. The van der Waals surface area contributed by atoms with Crippen LogP contribution in [0, 0.1) is 0 Å². The number of benzene rings is 3. The molecule has 0 radical (unpaired) electrons. The van der Waals surface area contributed by atoms with E-state index in [0.29, 0.717) is 49.4 Å². The first kappa shape index (κ1) is 30.2. The first-order valence-corrected chi connectivity index (χ1v) is 15.7. The van der Waals surface area contributed by atoms with Crippen LogP contribution in [0.1, 0.15) is 12.0 Å². The van der Waals surface area contributed by atoms with Crippen molar-refractivity contribution < 1.29 is 27.5 Å². The van der Waals surface area contributed by atoms with Gasteiger partial charge in [-0.2, -0.15) is 4.31 Å². The average Bonchev–Trinajstić information content (AvgIpc) is 3.19. The van der Waals surface area contributed by atoms with Gasteiger partial charge >= 0.3 is 0 Å². The van der Waals surface area contributed by atoms with Crippen LogP contribution in [0.3, 0.4) is 0 Å². The molecule has 2 heterocycles. The number of amides is 1. The van der Waals surface area contributed by atoms with E-state index < -0.39 is 22.0 Å². The molecule has 0 unspecified atom stereocenters. The molecule has 42 heavy (non-hydrogen) atoms. The number of rotatable bonds is 11. The SMILES string of the molecule is O=C1[C@H](N(CCN2CCOCC2)S(=O)(=O)c2ccc(Oc3ccc(Cl)cc3)cc2)CC=CCN1OCc1ccccc1. The summed E-state index contributed by atoms with van der Waals surface area (Å²) in [5.74, 6) is 0.655. The number of hydroxylamine groups is 2. The number of hydrogen-bond donors (Lipinski definition) is 0. The van der Waals surface area contributed by atoms with Crippen molar-refractivity contribution in [1.82, 2.24) is 14.3 Å². The molecule has 222 valence electrons. The lowest BCUT2D eigenvalue weighted by Gasteiger charge is -2.34. The fourth-order valence-electron chi connectivity index (χ4n) is 4.80. The second kappa shape index (κ2) is 14.3. The van der Waals surface area contributed by atoms with E-state index in [2.05, 4.69) is 4.90 Å². The van der Waals surface area contributed by atoms with Crippen molar-refractivity contribution in [2.24, 2.45) is 0 Å². The number of halogens is 1. The smallest absolute Gasteiger partial charge is 0.265 e. The van der Waals surface area contributed by atoms with Gasteiger partial charge in [-0.15, -0.1) is 0 Å². The van der Waals surface area contributed by atoms with Crippen molar-refractivity contribution in [2.75, 3.05) is 45.9 Å². The molecule has 0 aliphatic carbocycles. The van der Waals surface area contributed by atoms with Gasteiger partial charge in [-0.05, 0) is 60.5 Å². The second-order valence-corrected chi connectivity index (χ2v) is 12.3. The molecule has 1 saturated heterocycles. The second-order valence-electron chi connectivity index (χ2n) is 9.98. The third-order valence-electron chi connectivity index (χ3n) is 7.13. The van der Waals surface area contributed by atoms with Crippen molar-refractivity contribution in [3.63, 3.8) is 0 Å². The zero-order valence-electron chi connectivity index (χ0n) is 23.2. The van der Waals surface area contributed by atoms with Gasteiger partial charge in [0.15, 0.2) is 0 Å². The molecule has 11 heteroatoms. The van der Waals surface area contributed by atoms with E-state index in [1.807, 2.05) is 42.5 Å². The van der Waals surface area contributed by atoms with E-state index in [9.17, 15) is 13.2 Å². The molecule has 9 nitrogen and oxygen atoms in total. The summed E-state index contributed by atoms with van der Waals surface area (Å²) < 4.78 is 40.9. The van der Waals surface area contributed by atoms with Gasteiger partial charge in [-0.1, -0.05) is 54.1 Å². The monoisotopic (exact) mass is 611 g/mol. The normalized spacial score (nSPS) is 18.3. The van der Waals surface area contributed by atoms with Crippen molar-refractivity contribution in [3.8, 4) is 11.5 Å². The number of carbonyl (C=O) groups is 1. The topological polar surface area (TPSA) is 88.6 Å². The van der Waals surface area contributed by atoms with Crippen molar-refractivity contribution >= 4 is 27.5 Å². The number of sulfonamides is 1. The largest absolute Gasteiger partial charge is 0.457 e. The minimum Gasteiger partial charge on any atom is -0.457 e. The molecule has 2 aliphatic heterocycles. The van der Waals surface area contributed by atoms with Crippen LogP contribution < -0.4 is 4.74 Å². The number of hydrogen-bond acceptors (Lipinski definition) is 7. The Bertz CT molecular complexity index is 1450. The maximum Gasteiger partial charge on any atom is 0.265 e. The predicted octanol–water partition coefficient (Wildman–Crippen LogP) is 4.74. The highest BCUT2D eigenvalue weighted by Gasteiger charge is 2.39. The molecule has 1 amide bonds. The first-order chi connectivity index (χ1) is 20.4. The molecule has 1 atom stereocenters. The van der Waals surface area contributed by atoms with Gasteiger partial charge in [-0.3, -0.25) is 14.5 Å². The van der Waals surface area contributed by atoms with Crippen molar-refractivity contribution in [3.05, 3.63) is 102 Å². The summed E-state index contributed by atoms with van der Waals surface area (Å²) in [5.41, 5.74) is 0.910. The summed E-state index contributed by atoms with van der Waals surface area (Å²) in [4.78, 5) is 21.9. The molecule has 0 bridgehead atoms. The minimum absolute atomic E-state index is 0.0747. The van der Waals surface area contributed by atoms with E-state index in [-0.39, 0.29) is 31.0 Å². The Labute approximate surface area is 251 Å². The average molecular weight is 612 g/mol. The molecule has 3 aromatic rings. The summed E-state index contributed by atoms with van der Waals surface area (Å²) in [7, 11) is -4.07. The summed E-state index contributed by atoms with van der Waals surface area (Å²) >= 11 is 5.95. The van der Waals surface area contributed by atoms with Crippen LogP contribution in [-0.2, 0) is 31.0 Å². The van der Waals surface area contributed by atoms with Crippen molar-refractivity contribution in [1.29, 1.82) is 0 Å². The van der Waals surface area contributed by atoms with E-state index in [1.54, 1.807) is 36.4 Å². The van der Waals surface area contributed by atoms with Crippen LogP contribution in [0.5, 0.6) is 11.5 Å². The zero-order chi connectivity index (χ0) is 29.4. The van der Waals surface area contributed by atoms with Gasteiger partial charge in [0, 0.05) is 31.2 Å². The molecular weight excluding hydrogens is 578 g/mol. The molecular formula is C31H34ClN3O6S. The Hall–Kier alpha value is -3.25. The highest BCUT2D eigenvalue weighted by molar-refractivity contribution is 7.89. The number of morpholine rings is 1. The Balaban J connectivity index is 1.37. The molecule has 0 N–H and O–H groups in total. The molecule has 5 rings (SSSR count). The van der Waals surface area contributed by atoms with E-state index in [0.717, 1.165) is 5.56 Å². The molecule has 2 aliphatic rings. The summed E-state index contributed by atoms with van der Waals surface area (Å²) in [6.45, 7) is 3.63. The maximum absolute atomic E-state index is 14.1. The Kier molecular flexibility index (Phi) is 10.3. The third kappa shape index (κ3) is 7.77. The fourth-order valence-corrected chi connectivity index (χ4v) is 6.51. The highest BCUT2D eigenvalue weighted by atomic mass is 35.5. The molecule has 0 saturated carbocycles. The Morgan fingerprint density at radius 2 is 1.57 bits per heavy atom. The van der Waals surface area contributed by atoms with E-state index in [1.165, 1.54) is 21.5 Å². The maximum atomic E-state index is 14.1. The van der Waals surface area contributed by atoms with Crippen LogP contribution in [0.4, 0.5) is 0 Å². The zero-order valence-corrected chi connectivity index (χ0v) is 24.8. The van der Waals surface area contributed by atoms with Gasteiger partial charge in [0.25, 0.3) is 5.91 Å². The predicted molar refractivity (Wildman–Crippen MR) is 160 cm³/mol. The molecule has 0 spiro atoms. The van der Waals surface area contributed by atoms with Crippen LogP contribution in [0.25, 0.3) is 0 Å².